The predicted molar refractivity (Wildman–Crippen MR) is 72.0 cm³/mol. The summed E-state index contributed by atoms with van der Waals surface area (Å²) in [6.45, 7) is 0.431. The first-order chi connectivity index (χ1) is 9.61. The number of nitrogens with zero attached hydrogens (tertiary/aromatic N) is 1. The van der Waals surface area contributed by atoms with E-state index in [1.807, 2.05) is 0 Å². The van der Waals surface area contributed by atoms with Crippen LogP contribution < -0.4 is 15.4 Å². The molecule has 0 saturated carbocycles. The lowest BCUT2D eigenvalue weighted by Gasteiger charge is -2.19. The Morgan fingerprint density at radius 3 is 2.95 bits per heavy atom. The standard InChI is InChI=1S/C12H15N3O5/c16-4-2-1-3-13-8-5-9-11(6-10(8)15(18)19)20-7-12(17)14-9/h5-6,13,16H,1-4,7H2,(H,14,17). The number of carbonyl (C=O) groups is 1. The van der Waals surface area contributed by atoms with Gasteiger partial charge < -0.3 is 20.5 Å². The maximum absolute atomic E-state index is 11.2. The molecule has 0 atom stereocenters. The molecule has 0 radical (unpaired) electrons. The van der Waals surface area contributed by atoms with Crippen LogP contribution >= 0.6 is 0 Å². The fourth-order valence-electron chi connectivity index (χ4n) is 1.87. The Morgan fingerprint density at radius 2 is 2.25 bits per heavy atom. The summed E-state index contributed by atoms with van der Waals surface area (Å²) >= 11 is 0. The number of carbonyl (C=O) groups excluding carboxylic acids is 1. The van der Waals surface area contributed by atoms with Crippen LogP contribution in [-0.4, -0.2) is 35.7 Å². The molecule has 1 aromatic carbocycles. The third-order valence-electron chi connectivity index (χ3n) is 2.83. The highest BCUT2D eigenvalue weighted by atomic mass is 16.6. The zero-order valence-corrected chi connectivity index (χ0v) is 10.7. The second-order valence-electron chi connectivity index (χ2n) is 4.32. The van der Waals surface area contributed by atoms with Gasteiger partial charge in [0.2, 0.25) is 0 Å². The predicted octanol–water partition coefficient (Wildman–Crippen LogP) is 1.11. The molecule has 0 fully saturated rings. The normalized spacial score (nSPS) is 13.2. The molecular formula is C12H15N3O5. The first-order valence-electron chi connectivity index (χ1n) is 6.21. The number of amides is 1. The summed E-state index contributed by atoms with van der Waals surface area (Å²) in [5.74, 6) is -0.00482. The lowest BCUT2D eigenvalue weighted by molar-refractivity contribution is -0.384. The first kappa shape index (κ1) is 14.1. The van der Waals surface area contributed by atoms with Crippen molar-refractivity contribution in [2.24, 2.45) is 0 Å². The van der Waals surface area contributed by atoms with Crippen molar-refractivity contribution in [3.05, 3.63) is 22.2 Å². The molecule has 8 heteroatoms. The van der Waals surface area contributed by atoms with E-state index in [9.17, 15) is 14.9 Å². The maximum Gasteiger partial charge on any atom is 0.296 e. The van der Waals surface area contributed by atoms with Crippen LogP contribution in [-0.2, 0) is 4.79 Å². The molecule has 1 amide bonds. The molecule has 8 nitrogen and oxygen atoms in total. The minimum absolute atomic E-state index is 0.0812. The van der Waals surface area contributed by atoms with E-state index in [0.29, 0.717) is 30.8 Å². The van der Waals surface area contributed by atoms with Crippen molar-refractivity contribution in [2.75, 3.05) is 30.4 Å². The average molecular weight is 281 g/mol. The number of nitro groups is 1. The topological polar surface area (TPSA) is 114 Å². The molecular weight excluding hydrogens is 266 g/mol. The Bertz CT molecular complexity index is 532. The quantitative estimate of drug-likeness (QED) is 0.409. The molecule has 0 bridgehead atoms. The number of hydrogen-bond donors (Lipinski definition) is 3. The zero-order valence-electron chi connectivity index (χ0n) is 10.7. The van der Waals surface area contributed by atoms with E-state index in [-0.39, 0.29) is 30.6 Å². The molecule has 0 aromatic heterocycles. The van der Waals surface area contributed by atoms with Crippen molar-refractivity contribution < 1.29 is 19.6 Å². The first-order valence-corrected chi connectivity index (χ1v) is 6.21. The van der Waals surface area contributed by atoms with Gasteiger partial charge in [0.15, 0.2) is 12.4 Å². The van der Waals surface area contributed by atoms with E-state index in [1.54, 1.807) is 0 Å². The monoisotopic (exact) mass is 281 g/mol. The van der Waals surface area contributed by atoms with Crippen LogP contribution in [0.25, 0.3) is 0 Å². The van der Waals surface area contributed by atoms with Crippen LogP contribution in [0.1, 0.15) is 12.8 Å². The largest absolute Gasteiger partial charge is 0.481 e. The van der Waals surface area contributed by atoms with Crippen molar-refractivity contribution in [3.63, 3.8) is 0 Å². The number of anilines is 2. The average Bonchev–Trinajstić information content (AvgIpc) is 2.42. The van der Waals surface area contributed by atoms with E-state index in [0.717, 1.165) is 0 Å². The number of fused-ring (bicyclic) bond motifs is 1. The summed E-state index contributed by atoms with van der Waals surface area (Å²) in [5.41, 5.74) is 0.623. The second kappa shape index (κ2) is 6.20. The Kier molecular flexibility index (Phi) is 4.36. The molecule has 0 spiro atoms. The number of nitrogens with one attached hydrogen (secondary N) is 2. The van der Waals surface area contributed by atoms with E-state index in [2.05, 4.69) is 10.6 Å². The van der Waals surface area contributed by atoms with Crippen LogP contribution in [0.2, 0.25) is 0 Å². The minimum Gasteiger partial charge on any atom is -0.481 e. The van der Waals surface area contributed by atoms with Gasteiger partial charge in [0.05, 0.1) is 16.7 Å². The zero-order chi connectivity index (χ0) is 14.5. The van der Waals surface area contributed by atoms with Gasteiger partial charge in [0.1, 0.15) is 5.69 Å². The molecule has 0 unspecified atom stereocenters. The van der Waals surface area contributed by atoms with Gasteiger partial charge in [-0.1, -0.05) is 0 Å². The Morgan fingerprint density at radius 1 is 1.45 bits per heavy atom. The highest BCUT2D eigenvalue weighted by molar-refractivity contribution is 5.96. The smallest absolute Gasteiger partial charge is 0.296 e. The van der Waals surface area contributed by atoms with Gasteiger partial charge >= 0.3 is 0 Å². The fraction of sp³-hybridized carbons (Fsp3) is 0.417. The molecule has 2 rings (SSSR count). The van der Waals surface area contributed by atoms with Crippen molar-refractivity contribution >= 4 is 23.0 Å². The van der Waals surface area contributed by atoms with Crippen LogP contribution in [0.4, 0.5) is 17.1 Å². The van der Waals surface area contributed by atoms with Crippen LogP contribution in [0.3, 0.4) is 0 Å². The summed E-state index contributed by atoms with van der Waals surface area (Å²) in [7, 11) is 0. The Labute approximate surface area is 114 Å². The molecule has 1 aromatic rings. The summed E-state index contributed by atoms with van der Waals surface area (Å²) in [6.07, 6.45) is 1.30. The molecule has 1 aliphatic heterocycles. The van der Waals surface area contributed by atoms with Gasteiger partial charge in [-0.25, -0.2) is 0 Å². The molecule has 0 aliphatic carbocycles. The van der Waals surface area contributed by atoms with Crippen molar-refractivity contribution in [1.29, 1.82) is 0 Å². The SMILES string of the molecule is O=C1COc2cc([N+](=O)[O-])c(NCCCCO)cc2N1. The van der Waals surface area contributed by atoms with Crippen LogP contribution in [0, 0.1) is 10.1 Å². The van der Waals surface area contributed by atoms with Crippen LogP contribution in [0.15, 0.2) is 12.1 Å². The van der Waals surface area contributed by atoms with Crippen LogP contribution in [0.5, 0.6) is 5.75 Å². The second-order valence-corrected chi connectivity index (χ2v) is 4.32. The van der Waals surface area contributed by atoms with Crippen molar-refractivity contribution in [3.8, 4) is 5.75 Å². The molecule has 1 heterocycles. The minimum atomic E-state index is -0.506. The number of hydrogen-bond acceptors (Lipinski definition) is 6. The van der Waals surface area contributed by atoms with Gasteiger partial charge in [-0.15, -0.1) is 0 Å². The molecule has 3 N–H and O–H groups in total. The number of ether oxygens (including phenoxy) is 1. The van der Waals surface area contributed by atoms with Gasteiger partial charge in [0, 0.05) is 13.2 Å². The van der Waals surface area contributed by atoms with Gasteiger partial charge in [-0.2, -0.15) is 0 Å². The third-order valence-corrected chi connectivity index (χ3v) is 2.83. The summed E-state index contributed by atoms with van der Waals surface area (Å²) in [5, 5.41) is 25.3. The van der Waals surface area contributed by atoms with E-state index in [1.165, 1.54) is 12.1 Å². The number of rotatable bonds is 6. The molecule has 1 aliphatic rings. The van der Waals surface area contributed by atoms with Gasteiger partial charge in [-0.3, -0.25) is 14.9 Å². The highest BCUT2D eigenvalue weighted by Gasteiger charge is 2.23. The fourth-order valence-corrected chi connectivity index (χ4v) is 1.87. The van der Waals surface area contributed by atoms with Crippen molar-refractivity contribution in [2.45, 2.75) is 12.8 Å². The van der Waals surface area contributed by atoms with Gasteiger partial charge in [0.25, 0.3) is 11.6 Å². The van der Waals surface area contributed by atoms with E-state index in [4.69, 9.17) is 9.84 Å². The Balaban J connectivity index is 2.21. The third kappa shape index (κ3) is 3.15. The van der Waals surface area contributed by atoms with E-state index < -0.39 is 4.92 Å². The molecule has 20 heavy (non-hydrogen) atoms. The highest BCUT2D eigenvalue weighted by Crippen LogP contribution is 2.37. The summed E-state index contributed by atoms with van der Waals surface area (Å²) in [4.78, 5) is 21.8. The molecule has 0 saturated heterocycles. The number of benzene rings is 1. The number of aliphatic hydroxyl groups excluding tert-OH is 1. The Hall–Kier alpha value is -2.35. The molecule has 108 valence electrons. The van der Waals surface area contributed by atoms with E-state index >= 15 is 0 Å². The number of nitro benzene ring substituents is 1. The lowest BCUT2D eigenvalue weighted by atomic mass is 10.2. The lowest BCUT2D eigenvalue weighted by Crippen LogP contribution is -2.25. The summed E-state index contributed by atoms with van der Waals surface area (Å²) in [6, 6.07) is 2.78. The maximum atomic E-state index is 11.2. The van der Waals surface area contributed by atoms with Crippen molar-refractivity contribution in [1.82, 2.24) is 0 Å². The van der Waals surface area contributed by atoms with Gasteiger partial charge in [-0.05, 0) is 18.9 Å². The number of aliphatic hydroxyl groups is 1. The number of unbranched alkanes of at least 4 members (excludes halogenated alkanes) is 1. The summed E-state index contributed by atoms with van der Waals surface area (Å²) < 4.78 is 5.15.